The molecule has 0 saturated carbocycles. The van der Waals surface area contributed by atoms with E-state index in [4.69, 9.17) is 0 Å². The molecule has 0 heterocycles. The van der Waals surface area contributed by atoms with E-state index in [0.717, 1.165) is 57.8 Å². The van der Waals surface area contributed by atoms with Crippen molar-refractivity contribution < 1.29 is 42.9 Å². The van der Waals surface area contributed by atoms with E-state index in [2.05, 4.69) is 34.9 Å². The summed E-state index contributed by atoms with van der Waals surface area (Å²) in [6.07, 6.45) is 8.11. The van der Waals surface area contributed by atoms with E-state index in [1.165, 1.54) is 28.4 Å². The number of hydrogen-bond acceptors (Lipinski definition) is 9. The summed E-state index contributed by atoms with van der Waals surface area (Å²) in [5.41, 5.74) is 0. The van der Waals surface area contributed by atoms with E-state index >= 15 is 0 Å². The second-order valence-electron chi connectivity index (χ2n) is 7.77. The Bertz CT molecular complexity index is 573. The summed E-state index contributed by atoms with van der Waals surface area (Å²) >= 11 is 0. The molecule has 3 N–H and O–H groups in total. The van der Waals surface area contributed by atoms with Crippen molar-refractivity contribution in [1.82, 2.24) is 16.0 Å². The molecule has 3 amide bonds. The quantitative estimate of drug-likeness (QED) is 0.0851. The van der Waals surface area contributed by atoms with Gasteiger partial charge in [0.05, 0.1) is 28.4 Å². The molecule has 0 aromatic carbocycles. The lowest BCUT2D eigenvalue weighted by molar-refractivity contribution is -0.141. The number of amides is 3. The molecule has 226 valence electrons. The summed E-state index contributed by atoms with van der Waals surface area (Å²) in [5, 5.41) is 8.01. The number of ether oxygens (including phenoxy) is 4. The number of hydrogen-bond donors (Lipinski definition) is 3. The number of halogens is 1. The van der Waals surface area contributed by atoms with Crippen molar-refractivity contribution in [3.63, 3.8) is 0 Å². The number of carbonyl (C=O) groups excluding carboxylic acids is 5. The number of methoxy groups -OCH3 is 4. The maximum atomic E-state index is 11.5. The predicted molar refractivity (Wildman–Crippen MR) is 155 cm³/mol. The molecule has 0 aliphatic carbocycles. The molecule has 0 saturated heterocycles. The van der Waals surface area contributed by atoms with Crippen LogP contribution in [0.15, 0.2) is 0 Å². The van der Waals surface area contributed by atoms with Gasteiger partial charge < -0.3 is 34.9 Å². The third-order valence-corrected chi connectivity index (χ3v) is 4.88. The van der Waals surface area contributed by atoms with E-state index in [1.54, 1.807) is 0 Å². The lowest BCUT2D eigenvalue weighted by Crippen LogP contribution is -2.25. The molecule has 0 bridgehead atoms. The fraction of sp³-hybridized carbons (Fsp3) is 0.800. The van der Waals surface area contributed by atoms with Gasteiger partial charge in [-0.1, -0.05) is 26.7 Å². The SMILES string of the molecule is C.COC(=O)CCCCCNC(=O)CCCCCNC(=O)OC.COC(=O)CCCCCNC(=O)OC.I. The smallest absolute Gasteiger partial charge is 0.406 e. The molecule has 12 nitrogen and oxygen atoms in total. The Labute approximate surface area is 245 Å². The average Bonchev–Trinajstić information content (AvgIpc) is 2.89. The van der Waals surface area contributed by atoms with Crippen LogP contribution in [0.2, 0.25) is 0 Å². The Balaban J connectivity index is -0.000000315. The van der Waals surface area contributed by atoms with Crippen LogP contribution in [-0.4, -0.2) is 78.1 Å². The number of carbonyl (C=O) groups is 5. The highest BCUT2D eigenvalue weighted by Gasteiger charge is 2.03. The summed E-state index contributed by atoms with van der Waals surface area (Å²) < 4.78 is 17.9. The first-order chi connectivity index (χ1) is 17.3. The molecular weight excluding hydrogens is 613 g/mol. The highest BCUT2D eigenvalue weighted by molar-refractivity contribution is 14.0. The van der Waals surface area contributed by atoms with Crippen LogP contribution in [0.3, 0.4) is 0 Å². The van der Waals surface area contributed by atoms with Gasteiger partial charge in [-0.25, -0.2) is 9.59 Å². The monoisotopic (exact) mass is 663 g/mol. The van der Waals surface area contributed by atoms with E-state index < -0.39 is 12.2 Å². The topological polar surface area (TPSA) is 158 Å². The van der Waals surface area contributed by atoms with Gasteiger partial charge in [-0.05, 0) is 38.5 Å². The van der Waals surface area contributed by atoms with Gasteiger partial charge in [0.2, 0.25) is 5.91 Å². The van der Waals surface area contributed by atoms with E-state index in [1.807, 2.05) is 0 Å². The van der Waals surface area contributed by atoms with Gasteiger partial charge in [0, 0.05) is 38.9 Å². The van der Waals surface area contributed by atoms with Gasteiger partial charge in [0.1, 0.15) is 0 Å². The van der Waals surface area contributed by atoms with Crippen LogP contribution in [0.4, 0.5) is 9.59 Å². The molecule has 0 rings (SSSR count). The van der Waals surface area contributed by atoms with Crippen molar-refractivity contribution in [2.24, 2.45) is 0 Å². The minimum absolute atomic E-state index is 0. The molecule has 0 aromatic rings. The maximum absolute atomic E-state index is 11.5. The van der Waals surface area contributed by atoms with Gasteiger partial charge in [-0.15, -0.1) is 24.0 Å². The van der Waals surface area contributed by atoms with Gasteiger partial charge in [-0.2, -0.15) is 0 Å². The van der Waals surface area contributed by atoms with Crippen molar-refractivity contribution in [2.75, 3.05) is 48.1 Å². The summed E-state index contributed by atoms with van der Waals surface area (Å²) in [5.74, 6) is -0.328. The van der Waals surface area contributed by atoms with Crippen molar-refractivity contribution >= 4 is 54.0 Å². The van der Waals surface area contributed by atoms with Gasteiger partial charge in [-0.3, -0.25) is 14.4 Å². The van der Waals surface area contributed by atoms with Crippen molar-refractivity contribution in [2.45, 2.75) is 84.5 Å². The molecule has 13 heteroatoms. The van der Waals surface area contributed by atoms with Gasteiger partial charge >= 0.3 is 24.1 Å². The summed E-state index contributed by atoms with van der Waals surface area (Å²) in [6, 6.07) is 0. The standard InChI is InChI=1S/C15H28N2O5.C9H17NO4.CH4.HI/c1-21-14(19)10-6-4-7-11-16-13(18)9-5-3-8-12-17-15(20)22-2;1-13-8(11)6-4-3-5-7-10-9(12)14-2;;/h3-12H2,1-2H3,(H,16,18)(H,17,20);3-7H2,1-2H3,(H,10,12);1H4;1H. The molecule has 0 aromatic heterocycles. The first kappa shape index (κ1) is 42.8. The first-order valence-corrected chi connectivity index (χ1v) is 12.3. The number of unbranched alkanes of at least 4 members (excludes halogenated alkanes) is 6. The van der Waals surface area contributed by atoms with E-state index in [-0.39, 0.29) is 49.2 Å². The van der Waals surface area contributed by atoms with E-state index in [9.17, 15) is 24.0 Å². The molecule has 0 fully saturated rings. The van der Waals surface area contributed by atoms with Crippen molar-refractivity contribution in [3.8, 4) is 0 Å². The zero-order chi connectivity index (χ0) is 27.4. The normalized spacial score (nSPS) is 9.16. The van der Waals surface area contributed by atoms with Crippen LogP contribution in [0.1, 0.15) is 84.5 Å². The highest BCUT2D eigenvalue weighted by Crippen LogP contribution is 2.02. The van der Waals surface area contributed by atoms with Crippen LogP contribution in [0, 0.1) is 0 Å². The zero-order valence-electron chi connectivity index (χ0n) is 22.7. The Hall–Kier alpha value is -2.32. The molecular formula is C25H50IN3O9. The van der Waals surface area contributed by atoms with Gasteiger partial charge in [0.25, 0.3) is 0 Å². The zero-order valence-corrected chi connectivity index (χ0v) is 25.0. The molecule has 0 unspecified atom stereocenters. The summed E-state index contributed by atoms with van der Waals surface area (Å²) in [7, 11) is 5.41. The minimum atomic E-state index is -0.426. The molecule has 0 aliphatic rings. The molecule has 0 spiro atoms. The average molecular weight is 664 g/mol. The fourth-order valence-corrected chi connectivity index (χ4v) is 2.78. The summed E-state index contributed by atoms with van der Waals surface area (Å²) in [6.45, 7) is 1.78. The Morgan fingerprint density at radius 1 is 0.474 bits per heavy atom. The van der Waals surface area contributed by atoms with Crippen LogP contribution in [0.5, 0.6) is 0 Å². The molecule has 0 aliphatic heterocycles. The Kier molecular flexibility index (Phi) is 36.8. The molecule has 38 heavy (non-hydrogen) atoms. The fourth-order valence-electron chi connectivity index (χ4n) is 2.78. The van der Waals surface area contributed by atoms with Crippen molar-refractivity contribution in [1.29, 1.82) is 0 Å². The largest absolute Gasteiger partial charge is 0.469 e. The summed E-state index contributed by atoms with van der Waals surface area (Å²) in [4.78, 5) is 54.5. The predicted octanol–water partition coefficient (Wildman–Crippen LogP) is 4.08. The Morgan fingerprint density at radius 2 is 0.816 bits per heavy atom. The van der Waals surface area contributed by atoms with Crippen molar-refractivity contribution in [3.05, 3.63) is 0 Å². The number of alkyl carbamates (subject to hydrolysis) is 2. The highest BCUT2D eigenvalue weighted by atomic mass is 127. The van der Waals surface area contributed by atoms with Crippen LogP contribution in [-0.2, 0) is 33.3 Å². The first-order valence-electron chi connectivity index (χ1n) is 12.3. The maximum Gasteiger partial charge on any atom is 0.406 e. The van der Waals surface area contributed by atoms with Crippen LogP contribution < -0.4 is 16.0 Å². The van der Waals surface area contributed by atoms with Gasteiger partial charge in [0.15, 0.2) is 0 Å². The van der Waals surface area contributed by atoms with Crippen LogP contribution in [0.25, 0.3) is 0 Å². The number of esters is 2. The second kappa shape index (κ2) is 32.7. The Morgan fingerprint density at radius 3 is 1.16 bits per heavy atom. The third-order valence-electron chi connectivity index (χ3n) is 4.88. The lowest BCUT2D eigenvalue weighted by atomic mass is 10.1. The number of nitrogens with one attached hydrogen (secondary N) is 3. The lowest BCUT2D eigenvalue weighted by Gasteiger charge is -2.06. The molecule has 0 radical (unpaired) electrons. The third kappa shape index (κ3) is 33.7. The van der Waals surface area contributed by atoms with E-state index in [0.29, 0.717) is 38.9 Å². The minimum Gasteiger partial charge on any atom is -0.469 e. The molecule has 0 atom stereocenters. The van der Waals surface area contributed by atoms with Crippen LogP contribution >= 0.6 is 24.0 Å². The number of rotatable bonds is 18. The second-order valence-corrected chi connectivity index (χ2v) is 7.77.